The van der Waals surface area contributed by atoms with Crippen molar-refractivity contribution in [3.8, 4) is 23.0 Å². The van der Waals surface area contributed by atoms with Gasteiger partial charge < -0.3 is 23.7 Å². The van der Waals surface area contributed by atoms with Crippen LogP contribution in [0.5, 0.6) is 23.0 Å². The fourth-order valence-corrected chi connectivity index (χ4v) is 5.52. The molecule has 3 unspecified atom stereocenters. The van der Waals surface area contributed by atoms with Gasteiger partial charge >= 0.3 is 5.97 Å². The smallest absolute Gasteiger partial charge is 0.313 e. The van der Waals surface area contributed by atoms with Gasteiger partial charge in [0, 0.05) is 0 Å². The Morgan fingerprint density at radius 1 is 0.806 bits per heavy atom. The van der Waals surface area contributed by atoms with Gasteiger partial charge in [-0.05, 0) is 77.6 Å². The average molecular weight is 491 g/mol. The van der Waals surface area contributed by atoms with E-state index in [1.165, 1.54) is 18.2 Å². The second-order valence-electron chi connectivity index (χ2n) is 9.02. The van der Waals surface area contributed by atoms with Crippen molar-refractivity contribution in [2.75, 3.05) is 35.5 Å². The quantitative estimate of drug-likeness (QED) is 0.366. The molecule has 4 rings (SSSR count). The van der Waals surface area contributed by atoms with Crippen LogP contribution in [-0.4, -0.2) is 41.5 Å². The van der Waals surface area contributed by atoms with E-state index in [-0.39, 0.29) is 23.7 Å². The van der Waals surface area contributed by atoms with Crippen molar-refractivity contribution >= 4 is 5.97 Å². The molecule has 1 aliphatic carbocycles. The van der Waals surface area contributed by atoms with Crippen molar-refractivity contribution in [1.82, 2.24) is 0 Å². The van der Waals surface area contributed by atoms with Crippen LogP contribution in [0.2, 0.25) is 0 Å². The fraction of sp³-hybridized carbons (Fsp3) is 0.367. The van der Waals surface area contributed by atoms with Gasteiger partial charge in [0.1, 0.15) is 0 Å². The van der Waals surface area contributed by atoms with Crippen molar-refractivity contribution in [3.05, 3.63) is 82.9 Å². The second-order valence-corrected chi connectivity index (χ2v) is 9.02. The monoisotopic (exact) mass is 490 g/mol. The molecular formula is C30H34O6. The molecule has 0 heterocycles. The molecule has 0 aromatic heterocycles. The molecule has 3 atom stereocenters. The minimum absolute atomic E-state index is 0.0264. The van der Waals surface area contributed by atoms with Crippen molar-refractivity contribution in [3.63, 3.8) is 0 Å². The molecule has 36 heavy (non-hydrogen) atoms. The van der Waals surface area contributed by atoms with Gasteiger partial charge in [0.2, 0.25) is 0 Å². The lowest BCUT2D eigenvalue weighted by Gasteiger charge is -2.38. The zero-order chi connectivity index (χ0) is 25.7. The summed E-state index contributed by atoms with van der Waals surface area (Å²) in [5, 5.41) is 0. The summed E-state index contributed by atoms with van der Waals surface area (Å²) >= 11 is 0. The summed E-state index contributed by atoms with van der Waals surface area (Å²) in [4.78, 5) is 13.2. The predicted octanol–water partition coefficient (Wildman–Crippen LogP) is 5.57. The van der Waals surface area contributed by atoms with Gasteiger partial charge in [-0.2, -0.15) is 0 Å². The highest BCUT2D eigenvalue weighted by atomic mass is 16.5. The maximum absolute atomic E-state index is 13.2. The highest BCUT2D eigenvalue weighted by Gasteiger charge is 2.40. The van der Waals surface area contributed by atoms with E-state index < -0.39 is 0 Å². The van der Waals surface area contributed by atoms with E-state index in [2.05, 4.69) is 18.2 Å². The van der Waals surface area contributed by atoms with E-state index in [1.807, 2.05) is 42.5 Å². The molecule has 0 radical (unpaired) electrons. The normalized spacial score (nSPS) is 17.5. The number of benzene rings is 3. The molecule has 3 aromatic rings. The lowest BCUT2D eigenvalue weighted by Crippen LogP contribution is -2.32. The fourth-order valence-electron chi connectivity index (χ4n) is 5.52. The molecule has 0 N–H and O–H groups in total. The average Bonchev–Trinajstić information content (AvgIpc) is 2.93. The van der Waals surface area contributed by atoms with Crippen molar-refractivity contribution in [2.24, 2.45) is 5.92 Å². The molecule has 6 nitrogen and oxygen atoms in total. The SMILES string of the molecule is COC(=O)C(c1ccccc1)C1CCc2cc(OC)c(OC)cc2C1Cc1ccc(OC)c(OC)c1. The van der Waals surface area contributed by atoms with Crippen LogP contribution in [0.15, 0.2) is 60.7 Å². The maximum atomic E-state index is 13.2. The van der Waals surface area contributed by atoms with Crippen LogP contribution in [0.4, 0.5) is 0 Å². The summed E-state index contributed by atoms with van der Waals surface area (Å²) in [5.74, 6) is 2.23. The first-order valence-corrected chi connectivity index (χ1v) is 12.1. The number of hydrogen-bond acceptors (Lipinski definition) is 6. The first-order valence-electron chi connectivity index (χ1n) is 12.1. The van der Waals surface area contributed by atoms with Gasteiger partial charge in [0.05, 0.1) is 41.5 Å². The zero-order valence-corrected chi connectivity index (χ0v) is 21.6. The summed E-state index contributed by atoms with van der Waals surface area (Å²) < 4.78 is 27.6. The molecule has 3 aromatic carbocycles. The van der Waals surface area contributed by atoms with Gasteiger partial charge in [-0.3, -0.25) is 4.79 Å². The zero-order valence-electron chi connectivity index (χ0n) is 21.6. The third-order valence-electron chi connectivity index (χ3n) is 7.25. The molecule has 1 aliphatic rings. The number of carbonyl (C=O) groups is 1. The highest BCUT2D eigenvalue weighted by molar-refractivity contribution is 5.79. The van der Waals surface area contributed by atoms with Crippen LogP contribution >= 0.6 is 0 Å². The van der Waals surface area contributed by atoms with E-state index in [9.17, 15) is 4.79 Å². The van der Waals surface area contributed by atoms with Crippen molar-refractivity contribution in [1.29, 1.82) is 0 Å². The standard InChI is InChI=1S/C30H34O6/c1-32-25-14-11-19(16-26(25)33-2)15-24-22(29(30(31)36-5)20-9-7-6-8-10-20)13-12-21-17-27(34-3)28(35-4)18-23(21)24/h6-11,14,16-18,22,24,29H,12-13,15H2,1-5H3. The Labute approximate surface area is 213 Å². The van der Waals surface area contributed by atoms with E-state index >= 15 is 0 Å². The number of aryl methyl sites for hydroxylation is 1. The topological polar surface area (TPSA) is 63.2 Å². The van der Waals surface area contributed by atoms with Gasteiger partial charge in [-0.15, -0.1) is 0 Å². The Bertz CT molecular complexity index is 1190. The first-order chi connectivity index (χ1) is 17.5. The molecular weight excluding hydrogens is 456 g/mol. The van der Waals surface area contributed by atoms with Crippen molar-refractivity contribution in [2.45, 2.75) is 31.1 Å². The summed E-state index contributed by atoms with van der Waals surface area (Å²) in [5.41, 5.74) is 4.45. The molecule has 0 bridgehead atoms. The van der Waals surface area contributed by atoms with Crippen LogP contribution in [0.3, 0.4) is 0 Å². The van der Waals surface area contributed by atoms with Gasteiger partial charge in [0.25, 0.3) is 0 Å². The summed E-state index contributed by atoms with van der Waals surface area (Å²) in [6, 6.07) is 20.1. The molecule has 0 saturated carbocycles. The third-order valence-corrected chi connectivity index (χ3v) is 7.25. The number of carbonyl (C=O) groups excluding carboxylic acids is 1. The van der Waals surface area contributed by atoms with Crippen LogP contribution in [0, 0.1) is 5.92 Å². The van der Waals surface area contributed by atoms with Crippen LogP contribution in [-0.2, 0) is 22.4 Å². The number of esters is 1. The molecule has 0 amide bonds. The molecule has 6 heteroatoms. The Morgan fingerprint density at radius 2 is 1.44 bits per heavy atom. The largest absolute Gasteiger partial charge is 0.493 e. The minimum Gasteiger partial charge on any atom is -0.493 e. The summed E-state index contributed by atoms with van der Waals surface area (Å²) in [7, 11) is 8.03. The van der Waals surface area contributed by atoms with Gasteiger partial charge in [0.15, 0.2) is 23.0 Å². The Morgan fingerprint density at radius 3 is 2.08 bits per heavy atom. The lowest BCUT2D eigenvalue weighted by molar-refractivity contribution is -0.144. The van der Waals surface area contributed by atoms with Crippen LogP contribution in [0.25, 0.3) is 0 Å². The number of fused-ring (bicyclic) bond motifs is 1. The minimum atomic E-state index is -0.386. The number of hydrogen-bond donors (Lipinski definition) is 0. The number of ether oxygens (including phenoxy) is 5. The number of rotatable bonds is 9. The summed E-state index contributed by atoms with van der Waals surface area (Å²) in [6.45, 7) is 0. The molecule has 0 aliphatic heterocycles. The summed E-state index contributed by atoms with van der Waals surface area (Å²) in [6.07, 6.45) is 2.39. The van der Waals surface area contributed by atoms with E-state index in [4.69, 9.17) is 23.7 Å². The third kappa shape index (κ3) is 4.99. The van der Waals surface area contributed by atoms with E-state index in [1.54, 1.807) is 28.4 Å². The van der Waals surface area contributed by atoms with Crippen LogP contribution in [0.1, 0.15) is 40.5 Å². The second kappa shape index (κ2) is 11.4. The first kappa shape index (κ1) is 25.4. The van der Waals surface area contributed by atoms with E-state index in [0.29, 0.717) is 29.4 Å². The molecule has 0 saturated heterocycles. The Hall–Kier alpha value is -3.67. The predicted molar refractivity (Wildman–Crippen MR) is 139 cm³/mol. The Balaban J connectivity index is 1.84. The van der Waals surface area contributed by atoms with E-state index in [0.717, 1.165) is 24.0 Å². The maximum Gasteiger partial charge on any atom is 0.313 e. The highest BCUT2D eigenvalue weighted by Crippen LogP contribution is 2.48. The molecule has 190 valence electrons. The Kier molecular flexibility index (Phi) is 8.04. The van der Waals surface area contributed by atoms with Crippen molar-refractivity contribution < 1.29 is 28.5 Å². The van der Waals surface area contributed by atoms with Gasteiger partial charge in [-0.1, -0.05) is 36.4 Å². The van der Waals surface area contributed by atoms with Gasteiger partial charge in [-0.25, -0.2) is 0 Å². The lowest BCUT2D eigenvalue weighted by atomic mass is 9.66. The molecule has 0 spiro atoms. The molecule has 0 fully saturated rings. The number of methoxy groups -OCH3 is 5. The van der Waals surface area contributed by atoms with Crippen LogP contribution < -0.4 is 18.9 Å².